The zero-order valence-corrected chi connectivity index (χ0v) is 20.2. The highest BCUT2D eigenvalue weighted by atomic mass is 16.6. The molecule has 0 spiro atoms. The molecule has 1 aromatic carbocycles. The first-order valence-corrected chi connectivity index (χ1v) is 10.5. The summed E-state index contributed by atoms with van der Waals surface area (Å²) in [5, 5.41) is 4.99. The van der Waals surface area contributed by atoms with Gasteiger partial charge in [0, 0.05) is 6.04 Å². The number of ether oxygens (including phenoxy) is 2. The van der Waals surface area contributed by atoms with Gasteiger partial charge in [-0.2, -0.15) is 0 Å². The summed E-state index contributed by atoms with van der Waals surface area (Å²) < 4.78 is 9.77. The fourth-order valence-electron chi connectivity index (χ4n) is 3.16. The number of nitrogens with one attached hydrogen (secondary N) is 2. The molecule has 178 valence electrons. The van der Waals surface area contributed by atoms with Gasteiger partial charge in [-0.05, 0) is 59.6 Å². The molecule has 0 bridgehead atoms. The number of carbonyl (C=O) groups excluding carboxylic acids is 4. The van der Waals surface area contributed by atoms with Crippen LogP contribution in [0, 0.1) is 13.8 Å². The fourth-order valence-corrected chi connectivity index (χ4v) is 3.16. The Bertz CT molecular complexity index is 845. The van der Waals surface area contributed by atoms with Crippen molar-refractivity contribution >= 4 is 23.9 Å². The molecular weight excluding hydrogens is 414 g/mol. The van der Waals surface area contributed by atoms with Crippen LogP contribution >= 0.6 is 0 Å². The SMILES string of the molecule is COC(=O)CNC(=O)C(c1ccc(C)cc1C)N(C(=O)CNC(=O)OC(C)(C)C)C(C)C. The Morgan fingerprint density at radius 2 is 1.66 bits per heavy atom. The Morgan fingerprint density at radius 1 is 1.03 bits per heavy atom. The zero-order valence-electron chi connectivity index (χ0n) is 20.2. The maximum atomic E-state index is 13.2. The summed E-state index contributed by atoms with van der Waals surface area (Å²) >= 11 is 0. The second-order valence-corrected chi connectivity index (χ2v) is 8.81. The second kappa shape index (κ2) is 11.5. The highest BCUT2D eigenvalue weighted by molar-refractivity contribution is 5.92. The lowest BCUT2D eigenvalue weighted by atomic mass is 9.96. The van der Waals surface area contributed by atoms with Crippen molar-refractivity contribution in [2.75, 3.05) is 20.2 Å². The van der Waals surface area contributed by atoms with Gasteiger partial charge in [0.25, 0.3) is 0 Å². The monoisotopic (exact) mass is 449 g/mol. The van der Waals surface area contributed by atoms with Crippen LogP contribution in [0.25, 0.3) is 0 Å². The Balaban J connectivity index is 3.23. The summed E-state index contributed by atoms with van der Waals surface area (Å²) in [6.45, 7) is 11.8. The molecule has 9 heteroatoms. The molecule has 0 aromatic heterocycles. The summed E-state index contributed by atoms with van der Waals surface area (Å²) in [7, 11) is 1.22. The normalized spacial score (nSPS) is 12.0. The number of hydrogen-bond acceptors (Lipinski definition) is 6. The van der Waals surface area contributed by atoms with Gasteiger partial charge in [0.2, 0.25) is 11.8 Å². The Labute approximate surface area is 189 Å². The minimum Gasteiger partial charge on any atom is -0.468 e. The van der Waals surface area contributed by atoms with E-state index < -0.39 is 35.5 Å². The molecule has 3 amide bonds. The molecule has 1 aromatic rings. The van der Waals surface area contributed by atoms with Crippen molar-refractivity contribution in [3.63, 3.8) is 0 Å². The number of methoxy groups -OCH3 is 1. The van der Waals surface area contributed by atoms with Gasteiger partial charge in [-0.25, -0.2) is 4.79 Å². The van der Waals surface area contributed by atoms with Crippen molar-refractivity contribution in [1.29, 1.82) is 0 Å². The first kappa shape index (κ1) is 26.9. The maximum absolute atomic E-state index is 13.2. The molecule has 1 unspecified atom stereocenters. The standard InChI is InChI=1S/C23H35N3O6/c1-14(2)26(18(27)12-25-22(30)32-23(5,6)7)20(21(29)24-13-19(28)31-8)17-10-9-15(3)11-16(17)4/h9-11,14,20H,12-13H2,1-8H3,(H,24,29)(H,25,30). The summed E-state index contributed by atoms with van der Waals surface area (Å²) in [5.41, 5.74) is 1.74. The minimum atomic E-state index is -1.01. The number of nitrogens with zero attached hydrogens (tertiary/aromatic N) is 1. The van der Waals surface area contributed by atoms with Crippen molar-refractivity contribution in [3.05, 3.63) is 34.9 Å². The number of carbonyl (C=O) groups is 4. The van der Waals surface area contributed by atoms with Gasteiger partial charge < -0.3 is 25.0 Å². The van der Waals surface area contributed by atoms with Crippen LogP contribution in [0.3, 0.4) is 0 Å². The molecule has 0 radical (unpaired) electrons. The van der Waals surface area contributed by atoms with Gasteiger partial charge in [0.05, 0.1) is 7.11 Å². The molecule has 32 heavy (non-hydrogen) atoms. The lowest BCUT2D eigenvalue weighted by Crippen LogP contribution is -2.51. The zero-order chi connectivity index (χ0) is 24.6. The van der Waals surface area contributed by atoms with E-state index in [1.165, 1.54) is 12.0 Å². The van der Waals surface area contributed by atoms with E-state index in [0.29, 0.717) is 5.56 Å². The van der Waals surface area contributed by atoms with Crippen LogP contribution in [-0.4, -0.2) is 60.6 Å². The fraction of sp³-hybridized carbons (Fsp3) is 0.565. The summed E-state index contributed by atoms with van der Waals surface area (Å²) in [6.07, 6.45) is -0.729. The van der Waals surface area contributed by atoms with E-state index in [2.05, 4.69) is 15.4 Å². The minimum absolute atomic E-state index is 0.326. The van der Waals surface area contributed by atoms with Crippen LogP contribution in [0.1, 0.15) is 57.4 Å². The van der Waals surface area contributed by atoms with Crippen molar-refractivity contribution in [1.82, 2.24) is 15.5 Å². The van der Waals surface area contributed by atoms with E-state index in [-0.39, 0.29) is 19.1 Å². The lowest BCUT2D eigenvalue weighted by molar-refractivity contribution is -0.144. The van der Waals surface area contributed by atoms with Gasteiger partial charge in [-0.1, -0.05) is 23.8 Å². The maximum Gasteiger partial charge on any atom is 0.408 e. The van der Waals surface area contributed by atoms with Crippen LogP contribution in [0.4, 0.5) is 4.79 Å². The van der Waals surface area contributed by atoms with Gasteiger partial charge in [0.15, 0.2) is 0 Å². The van der Waals surface area contributed by atoms with Gasteiger partial charge >= 0.3 is 12.1 Å². The molecule has 0 saturated heterocycles. The summed E-state index contributed by atoms with van der Waals surface area (Å²) in [5.74, 6) is -1.60. The molecular formula is C23H35N3O6. The van der Waals surface area contributed by atoms with Crippen LogP contribution in [0.5, 0.6) is 0 Å². The Morgan fingerprint density at radius 3 is 2.16 bits per heavy atom. The van der Waals surface area contributed by atoms with Crippen LogP contribution < -0.4 is 10.6 Å². The number of esters is 1. The van der Waals surface area contributed by atoms with Gasteiger partial charge in [0.1, 0.15) is 24.7 Å². The van der Waals surface area contributed by atoms with Crippen molar-refractivity contribution in [3.8, 4) is 0 Å². The molecule has 0 fully saturated rings. The van der Waals surface area contributed by atoms with Crippen LogP contribution in [0.2, 0.25) is 0 Å². The molecule has 1 atom stereocenters. The molecule has 0 heterocycles. The van der Waals surface area contributed by atoms with E-state index in [1.54, 1.807) is 40.7 Å². The van der Waals surface area contributed by atoms with Gasteiger partial charge in [-0.3, -0.25) is 14.4 Å². The molecule has 9 nitrogen and oxygen atoms in total. The lowest BCUT2D eigenvalue weighted by Gasteiger charge is -2.35. The molecule has 2 N–H and O–H groups in total. The first-order chi connectivity index (χ1) is 14.8. The average Bonchev–Trinajstić information content (AvgIpc) is 2.67. The van der Waals surface area contributed by atoms with E-state index in [4.69, 9.17) is 4.74 Å². The third-order valence-corrected chi connectivity index (χ3v) is 4.51. The molecule has 1 rings (SSSR count). The van der Waals surface area contributed by atoms with Gasteiger partial charge in [-0.15, -0.1) is 0 Å². The molecule has 0 aliphatic rings. The number of rotatable bonds is 8. The number of amides is 3. The second-order valence-electron chi connectivity index (χ2n) is 8.81. The molecule has 0 aliphatic heterocycles. The van der Waals surface area contributed by atoms with E-state index in [9.17, 15) is 19.2 Å². The van der Waals surface area contributed by atoms with Crippen LogP contribution in [-0.2, 0) is 23.9 Å². The third-order valence-electron chi connectivity index (χ3n) is 4.51. The topological polar surface area (TPSA) is 114 Å². The van der Waals surface area contributed by atoms with Crippen molar-refractivity contribution in [2.24, 2.45) is 0 Å². The van der Waals surface area contributed by atoms with Crippen LogP contribution in [0.15, 0.2) is 18.2 Å². The predicted molar refractivity (Wildman–Crippen MR) is 120 cm³/mol. The average molecular weight is 450 g/mol. The smallest absolute Gasteiger partial charge is 0.408 e. The quantitative estimate of drug-likeness (QED) is 0.589. The van der Waals surface area contributed by atoms with E-state index in [0.717, 1.165) is 11.1 Å². The van der Waals surface area contributed by atoms with Crippen molar-refractivity contribution in [2.45, 2.75) is 66.2 Å². The van der Waals surface area contributed by atoms with E-state index >= 15 is 0 Å². The number of hydrogen-bond donors (Lipinski definition) is 2. The molecule has 0 saturated carbocycles. The Hall–Kier alpha value is -3.10. The first-order valence-electron chi connectivity index (χ1n) is 10.5. The summed E-state index contributed by atoms with van der Waals surface area (Å²) in [6, 6.07) is 4.17. The third kappa shape index (κ3) is 8.20. The number of alkyl carbamates (subject to hydrolysis) is 1. The number of aryl methyl sites for hydroxylation is 2. The summed E-state index contributed by atoms with van der Waals surface area (Å²) in [4.78, 5) is 51.2. The highest BCUT2D eigenvalue weighted by Gasteiger charge is 2.34. The Kier molecular flexibility index (Phi) is 9.68. The highest BCUT2D eigenvalue weighted by Crippen LogP contribution is 2.27. The van der Waals surface area contributed by atoms with E-state index in [1.807, 2.05) is 26.0 Å². The molecule has 0 aliphatic carbocycles. The predicted octanol–water partition coefficient (Wildman–Crippen LogP) is 2.40. The van der Waals surface area contributed by atoms with Crippen molar-refractivity contribution < 1.29 is 28.7 Å². The number of benzene rings is 1. The largest absolute Gasteiger partial charge is 0.468 e.